The predicted octanol–water partition coefficient (Wildman–Crippen LogP) is 0.306. The Morgan fingerprint density at radius 1 is 1.75 bits per heavy atom. The van der Waals surface area contributed by atoms with Crippen molar-refractivity contribution in [2.75, 3.05) is 6.61 Å². The van der Waals surface area contributed by atoms with E-state index in [0.29, 0.717) is 12.0 Å². The monoisotopic (exact) mass is 116 g/mol. The van der Waals surface area contributed by atoms with Crippen LogP contribution in [0, 0.1) is 0 Å². The van der Waals surface area contributed by atoms with E-state index in [-0.39, 0.29) is 6.61 Å². The third kappa shape index (κ3) is 2.77. The minimum absolute atomic E-state index is 0.0731. The van der Waals surface area contributed by atoms with Crippen LogP contribution in [0.15, 0.2) is 12.2 Å². The van der Waals surface area contributed by atoms with Crippen LogP contribution >= 0.6 is 0 Å². The Morgan fingerprint density at radius 2 is 2.25 bits per heavy atom. The fourth-order valence-electron chi connectivity index (χ4n) is 0.352. The van der Waals surface area contributed by atoms with Gasteiger partial charge in [-0.25, -0.2) is 0 Å². The number of hydrogen-bond donors (Lipinski definition) is 2. The highest BCUT2D eigenvalue weighted by Gasteiger charge is 1.98. The maximum atomic E-state index is 8.74. The second-order valence-electron chi connectivity index (χ2n) is 1.81. The van der Waals surface area contributed by atoms with Gasteiger partial charge in [0.2, 0.25) is 0 Å². The van der Waals surface area contributed by atoms with Gasteiger partial charge in [0.1, 0.15) is 0 Å². The van der Waals surface area contributed by atoms with Crippen LogP contribution in [0.2, 0.25) is 0 Å². The van der Waals surface area contributed by atoms with E-state index in [4.69, 9.17) is 10.2 Å². The van der Waals surface area contributed by atoms with Crippen LogP contribution in [0.3, 0.4) is 0 Å². The van der Waals surface area contributed by atoms with Gasteiger partial charge in [-0.2, -0.15) is 0 Å². The zero-order valence-corrected chi connectivity index (χ0v) is 5.09. The van der Waals surface area contributed by atoms with E-state index in [1.165, 1.54) is 0 Å². The van der Waals surface area contributed by atoms with Gasteiger partial charge < -0.3 is 10.2 Å². The van der Waals surface area contributed by atoms with Gasteiger partial charge in [-0.3, -0.25) is 0 Å². The molecule has 1 unspecified atom stereocenters. The molecule has 0 aromatic rings. The third-order valence-electron chi connectivity index (χ3n) is 1.02. The molecule has 0 aromatic carbocycles. The molecule has 0 amide bonds. The molecule has 0 aliphatic heterocycles. The van der Waals surface area contributed by atoms with Crippen molar-refractivity contribution >= 4 is 0 Å². The molecule has 0 aromatic heterocycles. The van der Waals surface area contributed by atoms with Crippen molar-refractivity contribution in [1.29, 1.82) is 0 Å². The molecular weight excluding hydrogens is 104 g/mol. The van der Waals surface area contributed by atoms with Crippen molar-refractivity contribution in [3.8, 4) is 0 Å². The molecule has 0 radical (unpaired) electrons. The molecule has 0 bridgehead atoms. The van der Waals surface area contributed by atoms with E-state index >= 15 is 0 Å². The van der Waals surface area contributed by atoms with Gasteiger partial charge in [-0.15, -0.1) is 0 Å². The van der Waals surface area contributed by atoms with Gasteiger partial charge in [0.15, 0.2) is 0 Å². The van der Waals surface area contributed by atoms with Crippen LogP contribution < -0.4 is 0 Å². The summed E-state index contributed by atoms with van der Waals surface area (Å²) in [7, 11) is 0. The standard InChI is InChI=1S/C6H12O2/c1-5(3-4-7)6(2)8/h6-8H,1,3-4H2,2H3. The lowest BCUT2D eigenvalue weighted by Crippen LogP contribution is -2.04. The first kappa shape index (κ1) is 7.66. The molecule has 0 saturated carbocycles. The highest BCUT2D eigenvalue weighted by atomic mass is 16.3. The van der Waals surface area contributed by atoms with Gasteiger partial charge in [0.25, 0.3) is 0 Å². The smallest absolute Gasteiger partial charge is 0.0720 e. The quantitative estimate of drug-likeness (QED) is 0.521. The highest BCUT2D eigenvalue weighted by Crippen LogP contribution is 2.01. The second-order valence-corrected chi connectivity index (χ2v) is 1.81. The van der Waals surface area contributed by atoms with Crippen LogP contribution in [0.1, 0.15) is 13.3 Å². The number of hydrogen-bond acceptors (Lipinski definition) is 2. The lowest BCUT2D eigenvalue weighted by atomic mass is 10.1. The third-order valence-corrected chi connectivity index (χ3v) is 1.02. The van der Waals surface area contributed by atoms with Crippen molar-refractivity contribution in [3.63, 3.8) is 0 Å². The van der Waals surface area contributed by atoms with Crippen LogP contribution in [0.5, 0.6) is 0 Å². The van der Waals surface area contributed by atoms with Crippen molar-refractivity contribution in [2.24, 2.45) is 0 Å². The first-order valence-corrected chi connectivity index (χ1v) is 2.65. The second kappa shape index (κ2) is 3.64. The van der Waals surface area contributed by atoms with E-state index in [9.17, 15) is 0 Å². The normalized spacial score (nSPS) is 13.4. The molecule has 0 rings (SSSR count). The minimum Gasteiger partial charge on any atom is -0.396 e. The van der Waals surface area contributed by atoms with Gasteiger partial charge >= 0.3 is 0 Å². The predicted molar refractivity (Wildman–Crippen MR) is 32.5 cm³/mol. The van der Waals surface area contributed by atoms with Crippen LogP contribution in [0.25, 0.3) is 0 Å². The average Bonchev–Trinajstić information content (AvgIpc) is 1.67. The lowest BCUT2D eigenvalue weighted by molar-refractivity contribution is 0.215. The number of rotatable bonds is 3. The Hall–Kier alpha value is -0.340. The van der Waals surface area contributed by atoms with Gasteiger partial charge in [0, 0.05) is 6.61 Å². The first-order chi connectivity index (χ1) is 3.68. The van der Waals surface area contributed by atoms with E-state index in [0.717, 1.165) is 0 Å². The highest BCUT2D eigenvalue weighted by molar-refractivity contribution is 4.98. The molecule has 0 saturated heterocycles. The maximum Gasteiger partial charge on any atom is 0.0720 e. The van der Waals surface area contributed by atoms with Gasteiger partial charge in [-0.1, -0.05) is 6.58 Å². The van der Waals surface area contributed by atoms with E-state index in [1.807, 2.05) is 0 Å². The minimum atomic E-state index is -0.484. The summed E-state index contributed by atoms with van der Waals surface area (Å²) in [6, 6.07) is 0. The molecule has 2 heteroatoms. The topological polar surface area (TPSA) is 40.5 Å². The fraction of sp³-hybridized carbons (Fsp3) is 0.667. The molecule has 0 spiro atoms. The summed E-state index contributed by atoms with van der Waals surface area (Å²) in [6.45, 7) is 5.24. The maximum absolute atomic E-state index is 8.74. The van der Waals surface area contributed by atoms with E-state index < -0.39 is 6.10 Å². The molecule has 48 valence electrons. The molecule has 2 N–H and O–H groups in total. The zero-order chi connectivity index (χ0) is 6.57. The van der Waals surface area contributed by atoms with Crippen molar-refractivity contribution in [1.82, 2.24) is 0 Å². The Kier molecular flexibility index (Phi) is 3.48. The van der Waals surface area contributed by atoms with Gasteiger partial charge in [0.05, 0.1) is 6.10 Å². The van der Waals surface area contributed by atoms with Gasteiger partial charge in [-0.05, 0) is 18.9 Å². The Bertz CT molecular complexity index is 76.6. The molecule has 0 fully saturated rings. The number of aliphatic hydroxyl groups excluding tert-OH is 2. The largest absolute Gasteiger partial charge is 0.396 e. The van der Waals surface area contributed by atoms with Crippen LogP contribution in [-0.4, -0.2) is 22.9 Å². The summed E-state index contributed by atoms with van der Waals surface area (Å²) < 4.78 is 0. The summed E-state index contributed by atoms with van der Waals surface area (Å²) in [5.74, 6) is 0. The average molecular weight is 116 g/mol. The SMILES string of the molecule is C=C(CCO)C(C)O. The summed E-state index contributed by atoms with van der Waals surface area (Å²) in [4.78, 5) is 0. The Balaban J connectivity index is 3.33. The summed E-state index contributed by atoms with van der Waals surface area (Å²) in [5, 5.41) is 17.1. The molecule has 0 aliphatic rings. The van der Waals surface area contributed by atoms with Crippen molar-refractivity contribution < 1.29 is 10.2 Å². The molecule has 2 nitrogen and oxygen atoms in total. The molecular formula is C6H12O2. The Labute approximate surface area is 49.5 Å². The van der Waals surface area contributed by atoms with Crippen LogP contribution in [0.4, 0.5) is 0 Å². The summed E-state index contributed by atoms with van der Waals surface area (Å²) in [5.41, 5.74) is 0.688. The molecule has 0 aliphatic carbocycles. The fourth-order valence-corrected chi connectivity index (χ4v) is 0.352. The van der Waals surface area contributed by atoms with Crippen LogP contribution in [-0.2, 0) is 0 Å². The van der Waals surface area contributed by atoms with Crippen molar-refractivity contribution in [3.05, 3.63) is 12.2 Å². The summed E-state index contributed by atoms with van der Waals surface area (Å²) in [6.07, 6.45) is 0.0136. The molecule has 0 heterocycles. The first-order valence-electron chi connectivity index (χ1n) is 2.65. The van der Waals surface area contributed by atoms with E-state index in [1.54, 1.807) is 6.92 Å². The molecule has 8 heavy (non-hydrogen) atoms. The zero-order valence-electron chi connectivity index (χ0n) is 5.09. The van der Waals surface area contributed by atoms with E-state index in [2.05, 4.69) is 6.58 Å². The summed E-state index contributed by atoms with van der Waals surface area (Å²) >= 11 is 0. The number of aliphatic hydroxyl groups is 2. The molecule has 1 atom stereocenters. The Morgan fingerprint density at radius 3 is 2.38 bits per heavy atom. The van der Waals surface area contributed by atoms with Crippen molar-refractivity contribution in [2.45, 2.75) is 19.4 Å². The lowest BCUT2D eigenvalue weighted by Gasteiger charge is -2.04.